The number of hydrogen-bond acceptors (Lipinski definition) is 3. The highest BCUT2D eigenvalue weighted by Gasteiger charge is 2.56. The van der Waals surface area contributed by atoms with Crippen molar-refractivity contribution in [3.05, 3.63) is 72.4 Å². The van der Waals surface area contributed by atoms with E-state index in [0.717, 1.165) is 22.9 Å². The SMILES string of the molecule is O=C(NCCc1ccccc1)C1(C(=O)Nc2cccc3cccnc23)CC1. The highest BCUT2D eigenvalue weighted by Crippen LogP contribution is 2.47. The van der Waals surface area contributed by atoms with Gasteiger partial charge in [-0.3, -0.25) is 14.6 Å². The Morgan fingerprint density at radius 2 is 1.70 bits per heavy atom. The fraction of sp³-hybridized carbons (Fsp3) is 0.227. The number of para-hydroxylation sites is 1. The average Bonchev–Trinajstić information content (AvgIpc) is 3.51. The molecule has 0 atom stereocenters. The molecular formula is C22H21N3O2. The summed E-state index contributed by atoms with van der Waals surface area (Å²) in [4.78, 5) is 29.8. The van der Waals surface area contributed by atoms with Crippen molar-refractivity contribution in [2.75, 3.05) is 11.9 Å². The quantitative estimate of drug-likeness (QED) is 0.663. The van der Waals surface area contributed by atoms with Gasteiger partial charge >= 0.3 is 0 Å². The van der Waals surface area contributed by atoms with Crippen LogP contribution in [0.1, 0.15) is 18.4 Å². The van der Waals surface area contributed by atoms with E-state index < -0.39 is 5.41 Å². The van der Waals surface area contributed by atoms with Gasteiger partial charge < -0.3 is 10.6 Å². The molecular weight excluding hydrogens is 338 g/mol. The first kappa shape index (κ1) is 17.2. The highest BCUT2D eigenvalue weighted by molar-refractivity contribution is 6.14. The van der Waals surface area contributed by atoms with Crippen LogP contribution in [-0.4, -0.2) is 23.3 Å². The molecule has 4 rings (SSSR count). The second-order valence-electron chi connectivity index (χ2n) is 6.91. The number of hydrogen-bond donors (Lipinski definition) is 2. The second-order valence-corrected chi connectivity index (χ2v) is 6.91. The molecule has 5 heteroatoms. The molecule has 1 fully saturated rings. The van der Waals surface area contributed by atoms with Gasteiger partial charge in [0.05, 0.1) is 11.2 Å². The molecule has 0 unspecified atom stereocenters. The van der Waals surface area contributed by atoms with Crippen LogP contribution < -0.4 is 10.6 Å². The van der Waals surface area contributed by atoms with Gasteiger partial charge in [0, 0.05) is 18.1 Å². The molecule has 0 aliphatic heterocycles. The van der Waals surface area contributed by atoms with E-state index in [9.17, 15) is 9.59 Å². The maximum absolute atomic E-state index is 12.8. The Bertz CT molecular complexity index is 976. The molecule has 0 bridgehead atoms. The van der Waals surface area contributed by atoms with Crippen LogP contribution in [0, 0.1) is 5.41 Å². The van der Waals surface area contributed by atoms with E-state index in [-0.39, 0.29) is 11.8 Å². The number of nitrogens with one attached hydrogen (secondary N) is 2. The zero-order valence-corrected chi connectivity index (χ0v) is 14.9. The summed E-state index contributed by atoms with van der Waals surface area (Å²) >= 11 is 0. The number of amides is 2. The summed E-state index contributed by atoms with van der Waals surface area (Å²) in [6.45, 7) is 0.522. The third-order valence-corrected chi connectivity index (χ3v) is 5.04. The highest BCUT2D eigenvalue weighted by atomic mass is 16.2. The summed E-state index contributed by atoms with van der Waals surface area (Å²) in [5.74, 6) is -0.443. The molecule has 1 aliphatic rings. The molecule has 1 aromatic heterocycles. The van der Waals surface area contributed by atoms with Crippen molar-refractivity contribution in [2.24, 2.45) is 5.41 Å². The lowest BCUT2D eigenvalue weighted by Crippen LogP contribution is -2.40. The van der Waals surface area contributed by atoms with Crippen LogP contribution in [0.2, 0.25) is 0 Å². The molecule has 2 amide bonds. The van der Waals surface area contributed by atoms with Crippen LogP contribution in [0.5, 0.6) is 0 Å². The van der Waals surface area contributed by atoms with Gasteiger partial charge in [-0.05, 0) is 37.0 Å². The summed E-state index contributed by atoms with van der Waals surface area (Å²) in [5.41, 5.74) is 1.58. The van der Waals surface area contributed by atoms with Gasteiger partial charge in [0.25, 0.3) is 0 Å². The number of carbonyl (C=O) groups excluding carboxylic acids is 2. The summed E-state index contributed by atoms with van der Waals surface area (Å²) < 4.78 is 0. The first-order valence-corrected chi connectivity index (χ1v) is 9.16. The molecule has 2 N–H and O–H groups in total. The fourth-order valence-corrected chi connectivity index (χ4v) is 3.26. The summed E-state index contributed by atoms with van der Waals surface area (Å²) in [7, 11) is 0. The smallest absolute Gasteiger partial charge is 0.240 e. The van der Waals surface area contributed by atoms with Crippen molar-refractivity contribution in [3.8, 4) is 0 Å². The zero-order chi connectivity index (χ0) is 18.7. The Balaban J connectivity index is 1.41. The molecule has 1 heterocycles. The van der Waals surface area contributed by atoms with Crippen molar-refractivity contribution in [1.82, 2.24) is 10.3 Å². The minimum atomic E-state index is -0.951. The Kier molecular flexibility index (Phi) is 4.59. The second kappa shape index (κ2) is 7.19. The van der Waals surface area contributed by atoms with Crippen molar-refractivity contribution < 1.29 is 9.59 Å². The number of nitrogens with zero attached hydrogens (tertiary/aromatic N) is 1. The van der Waals surface area contributed by atoms with E-state index in [0.29, 0.717) is 25.1 Å². The predicted octanol–water partition coefficient (Wildman–Crippen LogP) is 3.31. The van der Waals surface area contributed by atoms with E-state index in [2.05, 4.69) is 15.6 Å². The standard InChI is InChI=1S/C22H21N3O2/c26-20(24-15-11-16-6-2-1-3-7-16)22(12-13-22)21(27)25-18-10-4-8-17-9-5-14-23-19(17)18/h1-10,14H,11-13,15H2,(H,24,26)(H,25,27). The molecule has 2 aromatic carbocycles. The van der Waals surface area contributed by atoms with Crippen LogP contribution in [0.15, 0.2) is 66.9 Å². The molecule has 0 spiro atoms. The third kappa shape index (κ3) is 3.53. The lowest BCUT2D eigenvalue weighted by atomic mass is 10.0. The number of fused-ring (bicyclic) bond motifs is 1. The van der Waals surface area contributed by atoms with Crippen molar-refractivity contribution in [1.29, 1.82) is 0 Å². The Labute approximate surface area is 157 Å². The van der Waals surface area contributed by atoms with Crippen LogP contribution in [0.25, 0.3) is 10.9 Å². The number of rotatable bonds is 6. The zero-order valence-electron chi connectivity index (χ0n) is 14.9. The lowest BCUT2D eigenvalue weighted by molar-refractivity contribution is -0.134. The predicted molar refractivity (Wildman–Crippen MR) is 105 cm³/mol. The van der Waals surface area contributed by atoms with Crippen LogP contribution in [0.4, 0.5) is 5.69 Å². The summed E-state index contributed by atoms with van der Waals surface area (Å²) in [5, 5.41) is 6.79. The first-order valence-electron chi connectivity index (χ1n) is 9.16. The normalized spacial score (nSPS) is 14.5. The molecule has 5 nitrogen and oxygen atoms in total. The van der Waals surface area contributed by atoms with E-state index >= 15 is 0 Å². The largest absolute Gasteiger partial charge is 0.355 e. The van der Waals surface area contributed by atoms with Crippen molar-refractivity contribution in [2.45, 2.75) is 19.3 Å². The Morgan fingerprint density at radius 1 is 0.926 bits per heavy atom. The van der Waals surface area contributed by atoms with Gasteiger partial charge in [-0.15, -0.1) is 0 Å². The number of aromatic nitrogens is 1. The van der Waals surface area contributed by atoms with Gasteiger partial charge in [-0.2, -0.15) is 0 Å². The Hall–Kier alpha value is -3.21. The molecule has 27 heavy (non-hydrogen) atoms. The lowest BCUT2D eigenvalue weighted by Gasteiger charge is -2.16. The molecule has 3 aromatic rings. The van der Waals surface area contributed by atoms with Gasteiger partial charge in [-0.25, -0.2) is 0 Å². The molecule has 0 radical (unpaired) electrons. The van der Waals surface area contributed by atoms with Crippen LogP contribution in [-0.2, 0) is 16.0 Å². The van der Waals surface area contributed by atoms with Gasteiger partial charge in [0.2, 0.25) is 11.8 Å². The minimum Gasteiger partial charge on any atom is -0.355 e. The molecule has 1 aliphatic carbocycles. The number of anilines is 1. The van der Waals surface area contributed by atoms with E-state index in [1.807, 2.05) is 60.7 Å². The minimum absolute atomic E-state index is 0.191. The summed E-state index contributed by atoms with van der Waals surface area (Å²) in [6.07, 6.45) is 3.60. The maximum Gasteiger partial charge on any atom is 0.240 e. The number of carbonyl (C=O) groups is 2. The first-order chi connectivity index (χ1) is 13.2. The van der Waals surface area contributed by atoms with Crippen molar-refractivity contribution in [3.63, 3.8) is 0 Å². The van der Waals surface area contributed by atoms with E-state index in [1.54, 1.807) is 6.20 Å². The molecule has 136 valence electrons. The van der Waals surface area contributed by atoms with Gasteiger partial charge in [-0.1, -0.05) is 48.5 Å². The molecule has 0 saturated heterocycles. The average molecular weight is 359 g/mol. The van der Waals surface area contributed by atoms with Crippen LogP contribution >= 0.6 is 0 Å². The third-order valence-electron chi connectivity index (χ3n) is 5.04. The number of benzene rings is 2. The maximum atomic E-state index is 12.8. The van der Waals surface area contributed by atoms with E-state index in [1.165, 1.54) is 0 Å². The van der Waals surface area contributed by atoms with Gasteiger partial charge in [0.15, 0.2) is 0 Å². The molecule has 1 saturated carbocycles. The Morgan fingerprint density at radius 3 is 2.48 bits per heavy atom. The van der Waals surface area contributed by atoms with Gasteiger partial charge in [0.1, 0.15) is 5.41 Å². The van der Waals surface area contributed by atoms with E-state index in [4.69, 9.17) is 0 Å². The monoisotopic (exact) mass is 359 g/mol. The topological polar surface area (TPSA) is 71.1 Å². The fourth-order valence-electron chi connectivity index (χ4n) is 3.26. The van der Waals surface area contributed by atoms with Crippen LogP contribution in [0.3, 0.4) is 0 Å². The number of pyridine rings is 1. The summed E-state index contributed by atoms with van der Waals surface area (Å²) in [6, 6.07) is 19.4. The van der Waals surface area contributed by atoms with Crippen molar-refractivity contribution >= 4 is 28.4 Å².